The van der Waals surface area contributed by atoms with Crippen molar-refractivity contribution in [1.29, 1.82) is 0 Å². The number of nitrogens with one attached hydrogen (secondary N) is 2. The molecule has 0 saturated carbocycles. The van der Waals surface area contributed by atoms with Gasteiger partial charge in [-0.3, -0.25) is 19.1 Å². The van der Waals surface area contributed by atoms with Crippen molar-refractivity contribution in [3.8, 4) is 0 Å². The van der Waals surface area contributed by atoms with E-state index >= 15 is 0 Å². The minimum Gasteiger partial charge on any atom is -0.357 e. The summed E-state index contributed by atoms with van der Waals surface area (Å²) in [4.78, 5) is 44.9. The lowest BCUT2D eigenvalue weighted by molar-refractivity contribution is -0.168. The minimum absolute atomic E-state index is 0.0119. The molecule has 2 aromatic rings. The molecule has 1 unspecified atom stereocenters. The highest BCUT2D eigenvalue weighted by atomic mass is 35.5. The molecular weight excluding hydrogens is 462 g/mol. The molecule has 4 amide bonds. The lowest BCUT2D eigenvalue weighted by atomic mass is 9.99. The Hall–Kier alpha value is -3.25. The maximum absolute atomic E-state index is 14.1. The molecule has 0 fully saturated rings. The molecule has 0 saturated heterocycles. The summed E-state index contributed by atoms with van der Waals surface area (Å²) in [5.41, 5.74) is 1.08. The summed E-state index contributed by atoms with van der Waals surface area (Å²) >= 11 is 5.71. The van der Waals surface area contributed by atoms with Crippen LogP contribution in [0.2, 0.25) is 5.02 Å². The Kier molecular flexibility index (Phi) is 5.97. The number of hydroxylamine groups is 2. The molecule has 0 spiro atoms. The first-order valence-electron chi connectivity index (χ1n) is 10.1. The number of likely N-dealkylation sites (N-methyl/N-ethyl adjacent to an activating group) is 1. The third kappa shape index (κ3) is 4.11. The van der Waals surface area contributed by atoms with Crippen molar-refractivity contribution in [3.63, 3.8) is 0 Å². The van der Waals surface area contributed by atoms with Crippen molar-refractivity contribution < 1.29 is 28.0 Å². The van der Waals surface area contributed by atoms with Gasteiger partial charge in [-0.25, -0.2) is 18.6 Å². The topological polar surface area (TPSA) is 109 Å². The zero-order chi connectivity index (χ0) is 24.0. The zero-order valence-corrected chi connectivity index (χ0v) is 18.7. The van der Waals surface area contributed by atoms with Gasteiger partial charge in [0.2, 0.25) is 0 Å². The lowest BCUT2D eigenvalue weighted by Gasteiger charge is -2.33. The van der Waals surface area contributed by atoms with E-state index in [1.807, 2.05) is 0 Å². The maximum Gasteiger partial charge on any atom is 0.322 e. The number of benzene rings is 1. The number of rotatable bonds is 2. The first kappa shape index (κ1) is 22.9. The van der Waals surface area contributed by atoms with Gasteiger partial charge in [-0.2, -0.15) is 5.10 Å². The molecule has 2 aliphatic heterocycles. The van der Waals surface area contributed by atoms with Crippen LogP contribution in [0.4, 0.5) is 19.3 Å². The summed E-state index contributed by atoms with van der Waals surface area (Å²) in [5, 5.41) is 10.0. The Balaban J connectivity index is 1.63. The molecule has 2 aliphatic rings. The summed E-state index contributed by atoms with van der Waals surface area (Å²) in [6.45, 7) is 1.81. The summed E-state index contributed by atoms with van der Waals surface area (Å²) in [7, 11) is 2.85. The van der Waals surface area contributed by atoms with Crippen LogP contribution in [0.25, 0.3) is 0 Å². The van der Waals surface area contributed by atoms with Gasteiger partial charge in [0.05, 0.1) is 29.5 Å². The smallest absolute Gasteiger partial charge is 0.322 e. The number of carbonyl (C=O) groups excluding carboxylic acids is 3. The molecule has 1 aromatic carbocycles. The van der Waals surface area contributed by atoms with Crippen molar-refractivity contribution in [1.82, 2.24) is 25.1 Å². The number of hydrogen-bond donors (Lipinski definition) is 2. The Labute approximate surface area is 192 Å². The van der Waals surface area contributed by atoms with Crippen molar-refractivity contribution in [2.24, 2.45) is 0 Å². The van der Waals surface area contributed by atoms with Gasteiger partial charge >= 0.3 is 6.03 Å². The van der Waals surface area contributed by atoms with Gasteiger partial charge in [0.25, 0.3) is 11.8 Å². The second kappa shape index (κ2) is 8.60. The van der Waals surface area contributed by atoms with E-state index < -0.39 is 35.6 Å². The summed E-state index contributed by atoms with van der Waals surface area (Å²) in [6.07, 6.45) is -0.632. The number of urea groups is 1. The molecule has 4 rings (SSSR count). The van der Waals surface area contributed by atoms with Crippen molar-refractivity contribution >= 4 is 35.1 Å². The van der Waals surface area contributed by atoms with Crippen LogP contribution in [0.5, 0.6) is 0 Å². The van der Waals surface area contributed by atoms with Crippen LogP contribution in [0.15, 0.2) is 12.1 Å². The number of hydrogen-bond acceptors (Lipinski definition) is 5. The highest BCUT2D eigenvalue weighted by Crippen LogP contribution is 2.30. The number of aromatic nitrogens is 2. The Morgan fingerprint density at radius 1 is 1.27 bits per heavy atom. The first-order valence-corrected chi connectivity index (χ1v) is 10.5. The van der Waals surface area contributed by atoms with Crippen LogP contribution in [-0.2, 0) is 29.1 Å². The van der Waals surface area contributed by atoms with Gasteiger partial charge in [0.1, 0.15) is 17.3 Å². The molecule has 13 heteroatoms. The molecule has 0 radical (unpaired) electrons. The van der Waals surface area contributed by atoms with E-state index in [4.69, 9.17) is 16.4 Å². The fraction of sp³-hybridized carbons (Fsp3) is 0.400. The quantitative estimate of drug-likeness (QED) is 0.636. The van der Waals surface area contributed by atoms with Crippen molar-refractivity contribution in [2.45, 2.75) is 38.6 Å². The Morgan fingerprint density at radius 3 is 2.70 bits per heavy atom. The van der Waals surface area contributed by atoms with E-state index in [1.165, 1.54) is 23.7 Å². The van der Waals surface area contributed by atoms with Crippen LogP contribution in [-0.4, -0.2) is 63.8 Å². The summed E-state index contributed by atoms with van der Waals surface area (Å²) in [5.74, 6) is -2.83. The molecular formula is C20H21ClF2N6O4. The van der Waals surface area contributed by atoms with Gasteiger partial charge < -0.3 is 15.5 Å². The fourth-order valence-corrected chi connectivity index (χ4v) is 4.08. The lowest BCUT2D eigenvalue weighted by Crippen LogP contribution is -2.45. The number of nitrogens with zero attached hydrogens (tertiary/aromatic N) is 4. The maximum atomic E-state index is 14.1. The molecule has 1 aromatic heterocycles. The van der Waals surface area contributed by atoms with E-state index in [0.717, 1.165) is 11.1 Å². The molecule has 2 atom stereocenters. The largest absolute Gasteiger partial charge is 0.357 e. The van der Waals surface area contributed by atoms with Crippen LogP contribution in [0, 0.1) is 11.6 Å². The van der Waals surface area contributed by atoms with Crippen LogP contribution in [0.3, 0.4) is 0 Å². The predicted molar refractivity (Wildman–Crippen MR) is 112 cm³/mol. The summed E-state index contributed by atoms with van der Waals surface area (Å²) < 4.78 is 28.9. The van der Waals surface area contributed by atoms with Crippen LogP contribution in [0.1, 0.15) is 28.7 Å². The molecule has 2 N–H and O–H groups in total. The van der Waals surface area contributed by atoms with Crippen LogP contribution >= 0.6 is 11.6 Å². The second-order valence-electron chi connectivity index (χ2n) is 7.82. The molecule has 176 valence electrons. The van der Waals surface area contributed by atoms with E-state index in [9.17, 15) is 23.2 Å². The third-order valence-electron chi connectivity index (χ3n) is 5.65. The van der Waals surface area contributed by atoms with E-state index in [1.54, 1.807) is 6.92 Å². The fourth-order valence-electron chi connectivity index (χ4n) is 3.91. The van der Waals surface area contributed by atoms with Gasteiger partial charge in [-0.05, 0) is 13.0 Å². The number of fused-ring (bicyclic) bond motifs is 3. The monoisotopic (exact) mass is 482 g/mol. The van der Waals surface area contributed by atoms with E-state index in [2.05, 4.69) is 15.7 Å². The zero-order valence-electron chi connectivity index (χ0n) is 18.0. The average molecular weight is 483 g/mol. The minimum atomic E-state index is -0.968. The number of halogens is 3. The average Bonchev–Trinajstić information content (AvgIpc) is 3.05. The first-order chi connectivity index (χ1) is 15.6. The number of carbonyl (C=O) groups is 3. The van der Waals surface area contributed by atoms with Gasteiger partial charge in [0.15, 0.2) is 6.10 Å². The van der Waals surface area contributed by atoms with Gasteiger partial charge in [-0.1, -0.05) is 11.6 Å². The van der Waals surface area contributed by atoms with Gasteiger partial charge in [-0.15, -0.1) is 0 Å². The van der Waals surface area contributed by atoms with Crippen molar-refractivity contribution in [3.05, 3.63) is 45.7 Å². The molecule has 10 nitrogen and oxygen atoms in total. The standard InChI is InChI=1S/C20H21ClF2N6O4/c1-9-4-14-10(7-28(9)20(32)25-15-5-11(21)12(22)6-13(15)23)17-19(31)27(3)33-16(18(30)24-2)8-29(17)26-14/h5-6,9,16H,4,7-8H2,1-3H3,(H,24,30)(H,25,32)/t9-,16?/m1/s1. The third-order valence-corrected chi connectivity index (χ3v) is 5.94. The highest BCUT2D eigenvalue weighted by Gasteiger charge is 2.39. The number of amides is 4. The molecule has 33 heavy (non-hydrogen) atoms. The van der Waals surface area contributed by atoms with E-state index in [-0.39, 0.29) is 35.5 Å². The molecule has 0 bridgehead atoms. The Bertz CT molecular complexity index is 1160. The normalized spacial score (nSPS) is 20.1. The number of anilines is 1. The van der Waals surface area contributed by atoms with Crippen LogP contribution < -0.4 is 10.6 Å². The summed E-state index contributed by atoms with van der Waals surface area (Å²) in [6, 6.07) is 0.591. The predicted octanol–water partition coefficient (Wildman–Crippen LogP) is 1.93. The highest BCUT2D eigenvalue weighted by molar-refractivity contribution is 6.31. The SMILES string of the molecule is CNC(=O)C1Cn2nc3c(c2C(=O)N(C)O1)CN(C(=O)Nc1cc(Cl)c(F)cc1F)[C@H](C)C3. The van der Waals surface area contributed by atoms with Gasteiger partial charge in [0, 0.05) is 38.2 Å². The molecule has 0 aliphatic carbocycles. The van der Waals surface area contributed by atoms with E-state index in [0.29, 0.717) is 23.7 Å². The van der Waals surface area contributed by atoms with Crippen molar-refractivity contribution in [2.75, 3.05) is 19.4 Å². The Morgan fingerprint density at radius 2 is 2.00 bits per heavy atom. The molecule has 3 heterocycles. The second-order valence-corrected chi connectivity index (χ2v) is 8.23.